The Bertz CT molecular complexity index is 473. The topological polar surface area (TPSA) is 61.8 Å². The number of aryl methyl sites for hydroxylation is 1. The fourth-order valence-corrected chi connectivity index (χ4v) is 2.66. The number of ether oxygens (including phenoxy) is 1. The number of nitrogens with one attached hydrogen (secondary N) is 1. The molecule has 2 unspecified atom stereocenters. The van der Waals surface area contributed by atoms with Crippen molar-refractivity contribution >= 4 is 6.03 Å². The van der Waals surface area contributed by atoms with Gasteiger partial charge in [-0.05, 0) is 38.8 Å². The molecule has 5 nitrogen and oxygen atoms in total. The first-order chi connectivity index (χ1) is 10.6. The van der Waals surface area contributed by atoms with Gasteiger partial charge in [0.2, 0.25) is 0 Å². The second-order valence-corrected chi connectivity index (χ2v) is 5.98. The molecule has 5 heteroatoms. The van der Waals surface area contributed by atoms with Crippen molar-refractivity contribution in [2.45, 2.75) is 32.8 Å². The van der Waals surface area contributed by atoms with Crippen molar-refractivity contribution in [3.63, 3.8) is 0 Å². The van der Waals surface area contributed by atoms with E-state index in [1.54, 1.807) is 11.8 Å². The Labute approximate surface area is 132 Å². The maximum atomic E-state index is 12.1. The normalized spacial score (nSPS) is 19.6. The van der Waals surface area contributed by atoms with E-state index in [0.717, 1.165) is 25.1 Å². The fourth-order valence-electron chi connectivity index (χ4n) is 2.66. The Kier molecular flexibility index (Phi) is 6.07. The molecule has 2 amide bonds. The summed E-state index contributed by atoms with van der Waals surface area (Å²) in [4.78, 5) is 13.9. The summed E-state index contributed by atoms with van der Waals surface area (Å²) in [6.45, 7) is 6.13. The molecular formula is C17H26N2O3. The minimum atomic E-state index is -0.361. The number of benzene rings is 1. The molecule has 0 aliphatic carbocycles. The lowest BCUT2D eigenvalue weighted by molar-refractivity contribution is 0.0737. The molecule has 22 heavy (non-hydrogen) atoms. The molecule has 0 saturated carbocycles. The minimum absolute atomic E-state index is 0.0714. The monoisotopic (exact) mass is 306 g/mol. The highest BCUT2D eigenvalue weighted by molar-refractivity contribution is 5.74. The summed E-state index contributed by atoms with van der Waals surface area (Å²) in [5, 5.41) is 12.5. The lowest BCUT2D eigenvalue weighted by Gasteiger charge is -2.34. The molecule has 0 spiro atoms. The van der Waals surface area contributed by atoms with Gasteiger partial charge >= 0.3 is 6.03 Å². The number of urea groups is 1. The van der Waals surface area contributed by atoms with Gasteiger partial charge in [0.05, 0.1) is 12.6 Å². The van der Waals surface area contributed by atoms with E-state index in [0.29, 0.717) is 19.7 Å². The molecule has 1 aromatic carbocycles. The summed E-state index contributed by atoms with van der Waals surface area (Å²) in [5.74, 6) is 0.996. The SMILES string of the molecule is Cc1ccc(OCCNC(=O)N2CCCC(C(C)O)C2)cc1. The number of likely N-dealkylation sites (tertiary alicyclic amines) is 1. The quantitative estimate of drug-likeness (QED) is 0.820. The highest BCUT2D eigenvalue weighted by Gasteiger charge is 2.26. The third-order valence-corrected chi connectivity index (χ3v) is 4.10. The first-order valence-electron chi connectivity index (χ1n) is 7.96. The Morgan fingerprint density at radius 1 is 1.45 bits per heavy atom. The summed E-state index contributed by atoms with van der Waals surface area (Å²) < 4.78 is 5.58. The number of hydrogen-bond acceptors (Lipinski definition) is 3. The van der Waals surface area contributed by atoms with E-state index < -0.39 is 0 Å². The zero-order valence-electron chi connectivity index (χ0n) is 13.4. The maximum Gasteiger partial charge on any atom is 0.317 e. The molecule has 1 fully saturated rings. The van der Waals surface area contributed by atoms with Crippen LogP contribution in [0.15, 0.2) is 24.3 Å². The van der Waals surface area contributed by atoms with E-state index in [1.165, 1.54) is 5.56 Å². The summed E-state index contributed by atoms with van der Waals surface area (Å²) in [5.41, 5.74) is 1.19. The first-order valence-corrected chi connectivity index (χ1v) is 7.96. The number of nitrogens with zero attached hydrogens (tertiary/aromatic N) is 1. The third kappa shape index (κ3) is 4.91. The number of aliphatic hydroxyl groups excluding tert-OH is 1. The van der Waals surface area contributed by atoms with Gasteiger partial charge in [-0.3, -0.25) is 0 Å². The Morgan fingerprint density at radius 3 is 2.86 bits per heavy atom. The summed E-state index contributed by atoms with van der Waals surface area (Å²) in [7, 11) is 0. The maximum absolute atomic E-state index is 12.1. The predicted octanol–water partition coefficient (Wildman–Crippen LogP) is 2.18. The molecule has 0 bridgehead atoms. The smallest absolute Gasteiger partial charge is 0.317 e. The fraction of sp³-hybridized carbons (Fsp3) is 0.588. The van der Waals surface area contributed by atoms with E-state index >= 15 is 0 Å². The number of rotatable bonds is 5. The molecule has 2 rings (SSSR count). The van der Waals surface area contributed by atoms with Crippen LogP contribution in [0.1, 0.15) is 25.3 Å². The Morgan fingerprint density at radius 2 is 2.18 bits per heavy atom. The molecule has 1 aliphatic rings. The molecular weight excluding hydrogens is 280 g/mol. The van der Waals surface area contributed by atoms with Crippen molar-refractivity contribution in [3.05, 3.63) is 29.8 Å². The van der Waals surface area contributed by atoms with Crippen LogP contribution < -0.4 is 10.1 Å². The van der Waals surface area contributed by atoms with E-state index in [-0.39, 0.29) is 18.1 Å². The zero-order chi connectivity index (χ0) is 15.9. The summed E-state index contributed by atoms with van der Waals surface area (Å²) in [6, 6.07) is 7.78. The average Bonchev–Trinajstić information content (AvgIpc) is 2.53. The van der Waals surface area contributed by atoms with Crippen LogP contribution in [0.4, 0.5) is 4.79 Å². The van der Waals surface area contributed by atoms with Gasteiger partial charge in [0.1, 0.15) is 12.4 Å². The standard InChI is InChI=1S/C17H26N2O3/c1-13-5-7-16(8-6-13)22-11-9-18-17(21)19-10-3-4-15(12-19)14(2)20/h5-8,14-15,20H,3-4,9-12H2,1-2H3,(H,18,21). The molecule has 1 aromatic rings. The van der Waals surface area contributed by atoms with Gasteiger partial charge in [0.25, 0.3) is 0 Å². The van der Waals surface area contributed by atoms with Crippen molar-refractivity contribution in [2.75, 3.05) is 26.2 Å². The second-order valence-electron chi connectivity index (χ2n) is 5.98. The highest BCUT2D eigenvalue weighted by Crippen LogP contribution is 2.19. The number of carbonyl (C=O) groups excluding carboxylic acids is 1. The van der Waals surface area contributed by atoms with Crippen molar-refractivity contribution in [1.82, 2.24) is 10.2 Å². The van der Waals surface area contributed by atoms with E-state index in [1.807, 2.05) is 31.2 Å². The molecule has 2 N–H and O–H groups in total. The molecule has 1 aliphatic heterocycles. The lowest BCUT2D eigenvalue weighted by Crippen LogP contribution is -2.48. The van der Waals surface area contributed by atoms with Crippen LogP contribution in [0.3, 0.4) is 0 Å². The third-order valence-electron chi connectivity index (χ3n) is 4.10. The highest BCUT2D eigenvalue weighted by atomic mass is 16.5. The second kappa shape index (κ2) is 8.03. The zero-order valence-corrected chi connectivity index (χ0v) is 13.4. The lowest BCUT2D eigenvalue weighted by atomic mass is 9.94. The molecule has 1 saturated heterocycles. The number of amides is 2. The van der Waals surface area contributed by atoms with Crippen molar-refractivity contribution in [3.8, 4) is 5.75 Å². The summed E-state index contributed by atoms with van der Waals surface area (Å²) >= 11 is 0. The summed E-state index contributed by atoms with van der Waals surface area (Å²) in [6.07, 6.45) is 1.57. The number of hydrogen-bond donors (Lipinski definition) is 2. The number of piperidine rings is 1. The van der Waals surface area contributed by atoms with Gasteiger partial charge in [0.15, 0.2) is 0 Å². The van der Waals surface area contributed by atoms with Gasteiger partial charge in [0, 0.05) is 19.0 Å². The van der Waals surface area contributed by atoms with Gasteiger partial charge in [-0.1, -0.05) is 17.7 Å². The van der Waals surface area contributed by atoms with Gasteiger partial charge < -0.3 is 20.1 Å². The van der Waals surface area contributed by atoms with Crippen LogP contribution in [0.25, 0.3) is 0 Å². The first kappa shape index (κ1) is 16.6. The molecule has 0 aromatic heterocycles. The van der Waals surface area contributed by atoms with Crippen LogP contribution in [0, 0.1) is 12.8 Å². The van der Waals surface area contributed by atoms with Crippen LogP contribution >= 0.6 is 0 Å². The van der Waals surface area contributed by atoms with Gasteiger partial charge in [-0.25, -0.2) is 4.79 Å². The Balaban J connectivity index is 1.68. The van der Waals surface area contributed by atoms with Crippen LogP contribution in [-0.4, -0.2) is 48.4 Å². The van der Waals surface area contributed by atoms with E-state index in [4.69, 9.17) is 4.74 Å². The number of aliphatic hydroxyl groups is 1. The van der Waals surface area contributed by atoms with E-state index in [9.17, 15) is 9.90 Å². The molecule has 1 heterocycles. The predicted molar refractivity (Wildman–Crippen MR) is 86.1 cm³/mol. The molecule has 2 atom stereocenters. The van der Waals surface area contributed by atoms with Gasteiger partial charge in [-0.15, -0.1) is 0 Å². The van der Waals surface area contributed by atoms with Crippen molar-refractivity contribution in [2.24, 2.45) is 5.92 Å². The van der Waals surface area contributed by atoms with Crippen molar-refractivity contribution < 1.29 is 14.6 Å². The molecule has 122 valence electrons. The average molecular weight is 306 g/mol. The van der Waals surface area contributed by atoms with Crippen LogP contribution in [-0.2, 0) is 0 Å². The Hall–Kier alpha value is -1.75. The van der Waals surface area contributed by atoms with E-state index in [2.05, 4.69) is 5.32 Å². The number of carbonyl (C=O) groups is 1. The van der Waals surface area contributed by atoms with Gasteiger partial charge in [-0.2, -0.15) is 0 Å². The molecule has 0 radical (unpaired) electrons. The van der Waals surface area contributed by atoms with Crippen LogP contribution in [0.5, 0.6) is 5.75 Å². The largest absolute Gasteiger partial charge is 0.492 e. The minimum Gasteiger partial charge on any atom is -0.492 e. The van der Waals surface area contributed by atoms with Crippen LogP contribution in [0.2, 0.25) is 0 Å². The van der Waals surface area contributed by atoms with Crippen molar-refractivity contribution in [1.29, 1.82) is 0 Å².